The summed E-state index contributed by atoms with van der Waals surface area (Å²) >= 11 is 9.38. The second kappa shape index (κ2) is 10.8. The average Bonchev–Trinajstić information content (AvgIpc) is 3.34. The molecular weight excluding hydrogens is 583 g/mol. The molecule has 15 heteroatoms. The Balaban J connectivity index is 1.72. The van der Waals surface area contributed by atoms with Crippen LogP contribution in [0.4, 0.5) is 19.0 Å². The summed E-state index contributed by atoms with van der Waals surface area (Å²) in [6.07, 6.45) is -0.686. The Kier molecular flexibility index (Phi) is 7.78. The summed E-state index contributed by atoms with van der Waals surface area (Å²) in [4.78, 5) is 15.8. The van der Waals surface area contributed by atoms with Crippen molar-refractivity contribution in [2.45, 2.75) is 32.4 Å². The van der Waals surface area contributed by atoms with Crippen molar-refractivity contribution in [1.82, 2.24) is 29.8 Å². The number of nitro groups is 1. The van der Waals surface area contributed by atoms with Gasteiger partial charge in [-0.3, -0.25) is 4.68 Å². The second-order valence-corrected chi connectivity index (χ2v) is 9.22. The van der Waals surface area contributed by atoms with E-state index in [0.29, 0.717) is 32.6 Å². The number of ether oxygens (including phenoxy) is 1. The minimum Gasteiger partial charge on any atom is -0.478 e. The van der Waals surface area contributed by atoms with E-state index in [1.54, 1.807) is 14.0 Å². The van der Waals surface area contributed by atoms with Crippen molar-refractivity contribution in [2.24, 2.45) is 7.05 Å². The molecule has 4 rings (SSSR count). The van der Waals surface area contributed by atoms with Crippen LogP contribution >= 0.6 is 27.5 Å². The second-order valence-electron chi connectivity index (χ2n) is 7.94. The van der Waals surface area contributed by atoms with Crippen LogP contribution in [0.3, 0.4) is 0 Å². The standard InChI is InChI=1S/C22H18BrClF3N7O3/c1-11(37-18-6-13(23)8-28-22(18)34(35)36)16-7-14(25)3-4-15(16)20-17(29-32(2)30-20)5-12-9-33(10-19(26)27)31-21(12)24/h3-4,6-9,11,19H,5,10H2,1-2H3/t11-/m1/s1. The number of aromatic nitrogens is 6. The average molecular weight is 601 g/mol. The van der Waals surface area contributed by atoms with Crippen molar-refractivity contribution < 1.29 is 22.8 Å². The molecule has 0 aliphatic heterocycles. The van der Waals surface area contributed by atoms with Gasteiger partial charge in [-0.05, 0) is 51.0 Å². The predicted molar refractivity (Wildman–Crippen MR) is 130 cm³/mol. The van der Waals surface area contributed by atoms with E-state index in [-0.39, 0.29) is 17.3 Å². The number of hydrogen-bond acceptors (Lipinski definition) is 7. The SMILES string of the molecule is C[C@@H](Oc1cc(Br)cnc1[N+](=O)[O-])c1cc(F)ccc1-c1nn(C)nc1Cc1cn(CC(F)F)nc1Cl. The number of alkyl halides is 2. The summed E-state index contributed by atoms with van der Waals surface area (Å²) in [5.41, 5.74) is 2.05. The van der Waals surface area contributed by atoms with E-state index in [1.165, 1.54) is 41.5 Å². The normalized spacial score (nSPS) is 12.2. The fourth-order valence-corrected chi connectivity index (χ4v) is 4.25. The third kappa shape index (κ3) is 6.07. The summed E-state index contributed by atoms with van der Waals surface area (Å²) in [5, 5.41) is 24.1. The Morgan fingerprint density at radius 2 is 2.00 bits per heavy atom. The molecule has 0 saturated heterocycles. The van der Waals surface area contributed by atoms with E-state index in [1.807, 2.05) is 0 Å². The number of halogens is 5. The highest BCUT2D eigenvalue weighted by atomic mass is 79.9. The highest BCUT2D eigenvalue weighted by Crippen LogP contribution is 2.36. The van der Waals surface area contributed by atoms with Crippen LogP contribution in [0.25, 0.3) is 11.3 Å². The largest absolute Gasteiger partial charge is 0.478 e. The first kappa shape index (κ1) is 26.5. The number of hydrogen-bond donors (Lipinski definition) is 0. The van der Waals surface area contributed by atoms with Gasteiger partial charge in [0.05, 0.1) is 10.2 Å². The van der Waals surface area contributed by atoms with Gasteiger partial charge in [0.15, 0.2) is 11.3 Å². The molecule has 0 amide bonds. The van der Waals surface area contributed by atoms with Gasteiger partial charge >= 0.3 is 5.82 Å². The van der Waals surface area contributed by atoms with Crippen LogP contribution in [-0.4, -0.2) is 41.1 Å². The zero-order valence-corrected chi connectivity index (χ0v) is 21.6. The Morgan fingerprint density at radius 3 is 2.70 bits per heavy atom. The Morgan fingerprint density at radius 1 is 1.24 bits per heavy atom. The number of rotatable bonds is 9. The molecule has 0 bridgehead atoms. The quantitative estimate of drug-likeness (QED) is 0.183. The smallest absolute Gasteiger partial charge is 0.406 e. The molecule has 1 aromatic carbocycles. The minimum atomic E-state index is -2.60. The third-order valence-electron chi connectivity index (χ3n) is 5.24. The lowest BCUT2D eigenvalue weighted by atomic mass is 9.97. The number of benzene rings is 1. The van der Waals surface area contributed by atoms with Crippen molar-refractivity contribution >= 4 is 33.3 Å². The number of pyridine rings is 1. The van der Waals surface area contributed by atoms with Gasteiger partial charge in [-0.15, -0.1) is 0 Å². The van der Waals surface area contributed by atoms with Crippen molar-refractivity contribution in [1.29, 1.82) is 0 Å². The Labute approximate surface area is 221 Å². The molecule has 1 atom stereocenters. The maximum absolute atomic E-state index is 14.3. The molecule has 0 aliphatic carbocycles. The van der Waals surface area contributed by atoms with Crippen LogP contribution < -0.4 is 4.74 Å². The molecule has 0 radical (unpaired) electrons. The summed E-state index contributed by atoms with van der Waals surface area (Å²) in [7, 11) is 1.59. The van der Waals surface area contributed by atoms with E-state index >= 15 is 0 Å². The first-order valence-corrected chi connectivity index (χ1v) is 11.9. The maximum Gasteiger partial charge on any atom is 0.406 e. The summed E-state index contributed by atoms with van der Waals surface area (Å²) in [5.74, 6) is -1.17. The molecule has 0 aliphatic rings. The molecular formula is C22H18BrClF3N7O3. The van der Waals surface area contributed by atoms with E-state index in [2.05, 4.69) is 36.2 Å². The molecule has 0 saturated carbocycles. The van der Waals surface area contributed by atoms with Crippen molar-refractivity contribution in [3.63, 3.8) is 0 Å². The lowest BCUT2D eigenvalue weighted by Crippen LogP contribution is -2.08. The molecule has 0 unspecified atom stereocenters. The molecule has 4 aromatic rings. The van der Waals surface area contributed by atoms with Gasteiger partial charge in [0, 0.05) is 42.4 Å². The Hall–Kier alpha value is -3.52. The minimum absolute atomic E-state index is 0.0442. The first-order chi connectivity index (χ1) is 17.5. The summed E-state index contributed by atoms with van der Waals surface area (Å²) < 4.78 is 47.2. The van der Waals surface area contributed by atoms with E-state index in [4.69, 9.17) is 16.3 Å². The van der Waals surface area contributed by atoms with Gasteiger partial charge in [-0.1, -0.05) is 11.6 Å². The van der Waals surface area contributed by atoms with Crippen LogP contribution in [0, 0.1) is 15.9 Å². The maximum atomic E-state index is 14.3. The predicted octanol–water partition coefficient (Wildman–Crippen LogP) is 5.53. The highest BCUT2D eigenvalue weighted by molar-refractivity contribution is 9.10. The molecule has 3 heterocycles. The van der Waals surface area contributed by atoms with E-state index in [0.717, 1.165) is 4.68 Å². The molecule has 194 valence electrons. The zero-order valence-electron chi connectivity index (χ0n) is 19.3. The van der Waals surface area contributed by atoms with E-state index < -0.39 is 35.6 Å². The zero-order chi connectivity index (χ0) is 26.9. The Bertz CT molecular complexity index is 1460. The lowest BCUT2D eigenvalue weighted by Gasteiger charge is -2.18. The van der Waals surface area contributed by atoms with Crippen molar-refractivity contribution in [2.75, 3.05) is 0 Å². The molecule has 10 nitrogen and oxygen atoms in total. The molecule has 0 fully saturated rings. The fourth-order valence-electron chi connectivity index (χ4n) is 3.73. The number of nitrogens with zero attached hydrogens (tertiary/aromatic N) is 7. The van der Waals surface area contributed by atoms with Crippen molar-refractivity contribution in [3.8, 4) is 17.0 Å². The van der Waals surface area contributed by atoms with Gasteiger partial charge in [-0.2, -0.15) is 20.1 Å². The number of aryl methyl sites for hydroxylation is 1. The molecule has 37 heavy (non-hydrogen) atoms. The van der Waals surface area contributed by atoms with Gasteiger partial charge in [0.25, 0.3) is 6.43 Å². The summed E-state index contributed by atoms with van der Waals surface area (Å²) in [6.45, 7) is 0.991. The first-order valence-electron chi connectivity index (χ1n) is 10.7. The summed E-state index contributed by atoms with van der Waals surface area (Å²) in [6, 6.07) is 5.37. The van der Waals surface area contributed by atoms with Gasteiger partial charge < -0.3 is 14.9 Å². The van der Waals surface area contributed by atoms with Crippen LogP contribution in [0.15, 0.2) is 41.1 Å². The molecule has 0 spiro atoms. The van der Waals surface area contributed by atoms with E-state index in [9.17, 15) is 23.3 Å². The van der Waals surface area contributed by atoms with Gasteiger partial charge in [0.1, 0.15) is 24.2 Å². The van der Waals surface area contributed by atoms with Gasteiger partial charge in [-0.25, -0.2) is 13.2 Å². The van der Waals surface area contributed by atoms with Crippen LogP contribution in [0.1, 0.15) is 29.8 Å². The lowest BCUT2D eigenvalue weighted by molar-refractivity contribution is -0.390. The highest BCUT2D eigenvalue weighted by Gasteiger charge is 2.25. The molecule has 0 N–H and O–H groups in total. The monoisotopic (exact) mass is 599 g/mol. The van der Waals surface area contributed by atoms with Gasteiger partial charge in [0.2, 0.25) is 5.75 Å². The topological polar surface area (TPSA) is 114 Å². The van der Waals surface area contributed by atoms with Crippen LogP contribution in [0.2, 0.25) is 5.15 Å². The third-order valence-corrected chi connectivity index (χ3v) is 5.99. The fraction of sp³-hybridized carbons (Fsp3) is 0.273. The van der Waals surface area contributed by atoms with Crippen LogP contribution in [0.5, 0.6) is 5.75 Å². The van der Waals surface area contributed by atoms with Crippen LogP contribution in [-0.2, 0) is 20.0 Å². The van der Waals surface area contributed by atoms with Crippen molar-refractivity contribution in [3.05, 3.63) is 79.0 Å². The molecule has 3 aromatic heterocycles.